The maximum atomic E-state index is 11.8. The summed E-state index contributed by atoms with van der Waals surface area (Å²) < 4.78 is 0. The fourth-order valence-electron chi connectivity index (χ4n) is 3.12. The van der Waals surface area contributed by atoms with Gasteiger partial charge in [0, 0.05) is 12.6 Å². The van der Waals surface area contributed by atoms with E-state index in [0.29, 0.717) is 19.4 Å². The maximum absolute atomic E-state index is 11.8. The van der Waals surface area contributed by atoms with Gasteiger partial charge >= 0.3 is 5.97 Å². The first-order valence-corrected chi connectivity index (χ1v) is 8.65. The lowest BCUT2D eigenvalue weighted by Crippen LogP contribution is -2.47. The first-order valence-electron chi connectivity index (χ1n) is 8.65. The minimum Gasteiger partial charge on any atom is -0.480 e. The number of hydrogen-bond acceptors (Lipinski definition) is 3. The Bertz CT molecular complexity index is 686. The molecule has 2 rings (SSSR count). The van der Waals surface area contributed by atoms with Crippen molar-refractivity contribution < 1.29 is 19.5 Å². The van der Waals surface area contributed by atoms with Crippen LogP contribution in [0.1, 0.15) is 31.2 Å². The molecule has 1 saturated carbocycles. The molecule has 2 amide bonds. The van der Waals surface area contributed by atoms with Crippen LogP contribution in [0.25, 0.3) is 6.08 Å². The predicted octanol–water partition coefficient (Wildman–Crippen LogP) is 2.12. The van der Waals surface area contributed by atoms with Crippen LogP contribution in [0.4, 0.5) is 0 Å². The lowest BCUT2D eigenvalue weighted by molar-refractivity contribution is -0.157. The second-order valence-electron chi connectivity index (χ2n) is 6.57. The van der Waals surface area contributed by atoms with Gasteiger partial charge in [0.2, 0.25) is 11.8 Å². The van der Waals surface area contributed by atoms with Crippen molar-refractivity contribution in [2.75, 3.05) is 6.54 Å². The number of amides is 2. The molecular weight excluding hydrogens is 332 g/mol. The first-order chi connectivity index (χ1) is 12.4. The number of carboxylic acids is 1. The Balaban J connectivity index is 1.75. The second kappa shape index (κ2) is 8.99. The summed E-state index contributed by atoms with van der Waals surface area (Å²) in [6, 6.07) is 9.76. The third kappa shape index (κ3) is 5.05. The topological polar surface area (TPSA) is 109 Å². The summed E-state index contributed by atoms with van der Waals surface area (Å²) in [5, 5.41) is 12.1. The van der Waals surface area contributed by atoms with E-state index in [9.17, 15) is 19.5 Å². The number of rotatable bonds is 7. The molecule has 0 bridgehead atoms. The van der Waals surface area contributed by atoms with Gasteiger partial charge in [0.15, 0.2) is 0 Å². The van der Waals surface area contributed by atoms with Crippen LogP contribution in [0.15, 0.2) is 48.6 Å². The second-order valence-corrected chi connectivity index (χ2v) is 6.57. The summed E-state index contributed by atoms with van der Waals surface area (Å²) in [5.41, 5.74) is 4.87. The number of carboxylic acid groups (broad SMARTS) is 1. The molecule has 0 radical (unpaired) electrons. The lowest BCUT2D eigenvalue weighted by Gasteiger charge is -2.34. The van der Waals surface area contributed by atoms with Crippen molar-refractivity contribution in [1.82, 2.24) is 5.32 Å². The maximum Gasteiger partial charge on any atom is 0.319 e. The van der Waals surface area contributed by atoms with Gasteiger partial charge in [-0.25, -0.2) is 0 Å². The average Bonchev–Trinajstić information content (AvgIpc) is 2.64. The van der Waals surface area contributed by atoms with Gasteiger partial charge in [-0.05, 0) is 37.2 Å². The van der Waals surface area contributed by atoms with Gasteiger partial charge in [-0.1, -0.05) is 48.6 Å². The quantitative estimate of drug-likeness (QED) is 0.395. The van der Waals surface area contributed by atoms with Gasteiger partial charge in [-0.3, -0.25) is 14.4 Å². The normalized spacial score (nSPS) is 23.2. The van der Waals surface area contributed by atoms with Crippen LogP contribution in [0.2, 0.25) is 0 Å². The molecule has 0 unspecified atom stereocenters. The summed E-state index contributed by atoms with van der Waals surface area (Å²) in [7, 11) is 0. The third-order valence-electron chi connectivity index (χ3n) is 4.85. The number of benzene rings is 1. The summed E-state index contributed by atoms with van der Waals surface area (Å²) in [6.45, 7) is 0.458. The van der Waals surface area contributed by atoms with Crippen molar-refractivity contribution in [3.8, 4) is 0 Å². The molecule has 138 valence electrons. The van der Waals surface area contributed by atoms with Gasteiger partial charge in [0.05, 0.1) is 0 Å². The Morgan fingerprint density at radius 1 is 1.15 bits per heavy atom. The minimum atomic E-state index is -1.46. The van der Waals surface area contributed by atoms with E-state index in [-0.39, 0.29) is 24.7 Å². The molecule has 0 aromatic heterocycles. The zero-order valence-corrected chi connectivity index (χ0v) is 14.6. The van der Waals surface area contributed by atoms with E-state index in [4.69, 9.17) is 5.73 Å². The van der Waals surface area contributed by atoms with Crippen LogP contribution >= 0.6 is 0 Å². The highest BCUT2D eigenvalue weighted by Gasteiger charge is 2.47. The SMILES string of the molecule is NC(=O)C1(C(=O)O)CCC(CNC(=O)/C=C/C=C/c2ccccc2)CC1. The Hall–Kier alpha value is -2.89. The molecular formula is C20H24N2O4. The van der Waals surface area contributed by atoms with E-state index in [1.54, 1.807) is 12.2 Å². The van der Waals surface area contributed by atoms with Crippen LogP contribution in [0.5, 0.6) is 0 Å². The van der Waals surface area contributed by atoms with Gasteiger partial charge in [0.25, 0.3) is 0 Å². The monoisotopic (exact) mass is 356 g/mol. The molecule has 4 N–H and O–H groups in total. The number of hydrogen-bond donors (Lipinski definition) is 3. The Kier molecular flexibility index (Phi) is 6.72. The number of aliphatic carboxylic acids is 1. The van der Waals surface area contributed by atoms with E-state index < -0.39 is 17.3 Å². The highest BCUT2D eigenvalue weighted by atomic mass is 16.4. The number of nitrogens with one attached hydrogen (secondary N) is 1. The highest BCUT2D eigenvalue weighted by molar-refractivity contribution is 6.01. The Morgan fingerprint density at radius 2 is 1.81 bits per heavy atom. The van der Waals surface area contributed by atoms with Gasteiger partial charge in [-0.15, -0.1) is 0 Å². The van der Waals surface area contributed by atoms with Crippen LogP contribution < -0.4 is 11.1 Å². The lowest BCUT2D eigenvalue weighted by atomic mass is 9.70. The molecule has 1 aromatic carbocycles. The summed E-state index contributed by atoms with van der Waals surface area (Å²) in [4.78, 5) is 34.7. The van der Waals surface area contributed by atoms with Crippen molar-refractivity contribution in [2.24, 2.45) is 17.1 Å². The minimum absolute atomic E-state index is 0.152. The molecule has 26 heavy (non-hydrogen) atoms. The van der Waals surface area contributed by atoms with E-state index in [1.165, 1.54) is 6.08 Å². The molecule has 0 saturated heterocycles. The van der Waals surface area contributed by atoms with Crippen molar-refractivity contribution in [3.05, 3.63) is 54.1 Å². The molecule has 1 aliphatic carbocycles. The zero-order chi connectivity index (χ0) is 19.0. The number of primary amides is 1. The van der Waals surface area contributed by atoms with E-state index in [2.05, 4.69) is 5.32 Å². The van der Waals surface area contributed by atoms with Crippen molar-refractivity contribution in [3.63, 3.8) is 0 Å². The molecule has 1 aromatic rings. The molecule has 0 heterocycles. The van der Waals surface area contributed by atoms with Crippen LogP contribution in [0, 0.1) is 11.3 Å². The smallest absolute Gasteiger partial charge is 0.319 e. The standard InChI is InChI=1S/C20H24N2O4/c21-18(24)20(19(25)26)12-10-16(11-13-20)14-22-17(23)9-5-4-8-15-6-2-1-3-7-15/h1-9,16H,10-14H2,(H2,21,24)(H,22,23)(H,25,26)/b8-4+,9-5+. The van der Waals surface area contributed by atoms with Crippen molar-refractivity contribution >= 4 is 23.9 Å². The summed E-state index contributed by atoms with van der Waals surface area (Å²) in [5.74, 6) is -1.98. The Labute approximate surface area is 152 Å². The van der Waals surface area contributed by atoms with E-state index in [0.717, 1.165) is 5.56 Å². The first kappa shape index (κ1) is 19.4. The molecule has 0 spiro atoms. The number of nitrogens with two attached hydrogens (primary N) is 1. The molecule has 6 nitrogen and oxygen atoms in total. The fraction of sp³-hybridized carbons (Fsp3) is 0.350. The van der Waals surface area contributed by atoms with E-state index >= 15 is 0 Å². The van der Waals surface area contributed by atoms with Crippen molar-refractivity contribution in [1.29, 1.82) is 0 Å². The molecule has 1 fully saturated rings. The van der Waals surface area contributed by atoms with Crippen LogP contribution in [-0.2, 0) is 14.4 Å². The number of allylic oxidation sites excluding steroid dienone is 2. The van der Waals surface area contributed by atoms with E-state index in [1.807, 2.05) is 36.4 Å². The molecule has 6 heteroatoms. The number of carbonyl (C=O) groups excluding carboxylic acids is 2. The highest BCUT2D eigenvalue weighted by Crippen LogP contribution is 2.38. The predicted molar refractivity (Wildman–Crippen MR) is 98.8 cm³/mol. The number of carbonyl (C=O) groups is 3. The molecule has 1 aliphatic rings. The average molecular weight is 356 g/mol. The van der Waals surface area contributed by atoms with Gasteiger partial charge in [-0.2, -0.15) is 0 Å². The largest absolute Gasteiger partial charge is 0.480 e. The van der Waals surface area contributed by atoms with Crippen LogP contribution in [-0.4, -0.2) is 29.4 Å². The Morgan fingerprint density at radius 3 is 2.38 bits per heavy atom. The third-order valence-corrected chi connectivity index (χ3v) is 4.85. The fourth-order valence-corrected chi connectivity index (χ4v) is 3.12. The zero-order valence-electron chi connectivity index (χ0n) is 14.6. The van der Waals surface area contributed by atoms with Crippen molar-refractivity contribution in [2.45, 2.75) is 25.7 Å². The molecule has 0 aliphatic heterocycles. The van der Waals surface area contributed by atoms with Gasteiger partial charge in [0.1, 0.15) is 5.41 Å². The van der Waals surface area contributed by atoms with Gasteiger partial charge < -0.3 is 16.2 Å². The molecule has 0 atom stereocenters. The summed E-state index contributed by atoms with van der Waals surface area (Å²) >= 11 is 0. The van der Waals surface area contributed by atoms with Crippen LogP contribution in [0.3, 0.4) is 0 Å². The summed E-state index contributed by atoms with van der Waals surface area (Å²) in [6.07, 6.45) is 8.35.